The van der Waals surface area contributed by atoms with E-state index in [1.165, 1.54) is 0 Å². The van der Waals surface area contributed by atoms with Gasteiger partial charge in [0.05, 0.1) is 12.0 Å². The van der Waals surface area contributed by atoms with Crippen LogP contribution >= 0.6 is 11.8 Å². The second-order valence-electron chi connectivity index (χ2n) is 4.24. The zero-order valence-corrected chi connectivity index (χ0v) is 12.6. The van der Waals surface area contributed by atoms with E-state index in [4.69, 9.17) is 9.15 Å². The lowest BCUT2D eigenvalue weighted by Gasteiger charge is -2.08. The number of nitrogens with one attached hydrogen (secondary N) is 1. The van der Waals surface area contributed by atoms with Crippen molar-refractivity contribution < 1.29 is 9.15 Å². The highest BCUT2D eigenvalue weighted by Crippen LogP contribution is 2.23. The first-order valence-corrected chi connectivity index (χ1v) is 7.56. The molecule has 0 aliphatic carbocycles. The highest BCUT2D eigenvalue weighted by molar-refractivity contribution is 7.98. The van der Waals surface area contributed by atoms with Gasteiger partial charge in [0.25, 0.3) is 0 Å². The fourth-order valence-electron chi connectivity index (χ4n) is 1.62. The number of furan rings is 1. The number of aromatic nitrogens is 2. The Kier molecular flexibility index (Phi) is 5.88. The first-order chi connectivity index (χ1) is 9.81. The van der Waals surface area contributed by atoms with E-state index in [0.717, 1.165) is 35.3 Å². The zero-order chi connectivity index (χ0) is 14.2. The molecular formula is C14H19N3O2S. The van der Waals surface area contributed by atoms with Crippen molar-refractivity contribution in [3.05, 3.63) is 36.0 Å². The van der Waals surface area contributed by atoms with Crippen LogP contribution in [0.2, 0.25) is 0 Å². The Labute approximate surface area is 123 Å². The second kappa shape index (κ2) is 7.91. The Morgan fingerprint density at radius 2 is 2.30 bits per heavy atom. The van der Waals surface area contributed by atoms with Crippen molar-refractivity contribution >= 4 is 17.6 Å². The monoisotopic (exact) mass is 293 g/mol. The first-order valence-electron chi connectivity index (χ1n) is 6.57. The lowest BCUT2D eigenvalue weighted by molar-refractivity contribution is 0.177. The van der Waals surface area contributed by atoms with Crippen LogP contribution in [-0.4, -0.2) is 23.6 Å². The number of hydrogen-bond acceptors (Lipinski definition) is 6. The van der Waals surface area contributed by atoms with Crippen molar-refractivity contribution in [3.8, 4) is 0 Å². The summed E-state index contributed by atoms with van der Waals surface area (Å²) in [4.78, 5) is 8.90. The fourth-order valence-corrected chi connectivity index (χ4v) is 2.44. The predicted octanol–water partition coefficient (Wildman–Crippen LogP) is 3.33. The van der Waals surface area contributed by atoms with Crippen LogP contribution in [-0.2, 0) is 17.1 Å². The molecule has 0 unspecified atom stereocenters. The van der Waals surface area contributed by atoms with Crippen molar-refractivity contribution in [1.29, 1.82) is 0 Å². The number of anilines is 1. The summed E-state index contributed by atoms with van der Waals surface area (Å²) in [7, 11) is 1.64. The lowest BCUT2D eigenvalue weighted by atomic mass is 10.4. The van der Waals surface area contributed by atoms with Crippen LogP contribution in [0.5, 0.6) is 0 Å². The highest BCUT2D eigenvalue weighted by Gasteiger charge is 2.06. The molecule has 5 nitrogen and oxygen atoms in total. The largest absolute Gasteiger partial charge is 0.468 e. The van der Waals surface area contributed by atoms with Crippen LogP contribution in [0.4, 0.5) is 5.82 Å². The number of thioether (sulfide) groups is 1. The Morgan fingerprint density at radius 1 is 1.40 bits per heavy atom. The summed E-state index contributed by atoms with van der Waals surface area (Å²) in [5, 5.41) is 4.20. The average molecular weight is 293 g/mol. The van der Waals surface area contributed by atoms with Gasteiger partial charge in [0, 0.05) is 19.7 Å². The Morgan fingerprint density at radius 3 is 3.00 bits per heavy atom. The molecule has 108 valence electrons. The number of nitrogens with zero attached hydrogens (tertiary/aromatic N) is 2. The molecule has 2 aromatic rings. The summed E-state index contributed by atoms with van der Waals surface area (Å²) in [6.07, 6.45) is 2.74. The van der Waals surface area contributed by atoms with Crippen molar-refractivity contribution in [2.24, 2.45) is 0 Å². The van der Waals surface area contributed by atoms with Gasteiger partial charge < -0.3 is 14.5 Å². The molecule has 0 fully saturated rings. The molecular weight excluding hydrogens is 274 g/mol. The van der Waals surface area contributed by atoms with Crippen molar-refractivity contribution in [2.75, 3.05) is 19.0 Å². The van der Waals surface area contributed by atoms with Gasteiger partial charge in [-0.25, -0.2) is 9.97 Å². The van der Waals surface area contributed by atoms with E-state index in [1.54, 1.807) is 25.1 Å². The first kappa shape index (κ1) is 14.9. The van der Waals surface area contributed by atoms with Gasteiger partial charge in [0.1, 0.15) is 23.2 Å². The van der Waals surface area contributed by atoms with E-state index in [1.807, 2.05) is 18.2 Å². The molecule has 0 atom stereocenters. The van der Waals surface area contributed by atoms with Crippen LogP contribution in [0, 0.1) is 0 Å². The number of ether oxygens (including phenoxy) is 1. The summed E-state index contributed by atoms with van der Waals surface area (Å²) < 4.78 is 10.4. The van der Waals surface area contributed by atoms with Crippen LogP contribution < -0.4 is 5.32 Å². The lowest BCUT2D eigenvalue weighted by Crippen LogP contribution is -2.06. The molecule has 1 N–H and O–H groups in total. The van der Waals surface area contributed by atoms with E-state index < -0.39 is 0 Å². The summed E-state index contributed by atoms with van der Waals surface area (Å²) in [5.41, 5.74) is 0. The summed E-state index contributed by atoms with van der Waals surface area (Å²) in [6.45, 7) is 3.43. The maximum atomic E-state index is 5.32. The van der Waals surface area contributed by atoms with Crippen LogP contribution in [0.15, 0.2) is 33.9 Å². The number of rotatable bonds is 8. The maximum absolute atomic E-state index is 5.32. The summed E-state index contributed by atoms with van der Waals surface area (Å²) in [5.74, 6) is 3.22. The molecule has 20 heavy (non-hydrogen) atoms. The third-order valence-corrected chi connectivity index (χ3v) is 3.45. The predicted molar refractivity (Wildman–Crippen MR) is 79.8 cm³/mol. The van der Waals surface area contributed by atoms with Gasteiger partial charge in [-0.3, -0.25) is 0 Å². The van der Waals surface area contributed by atoms with E-state index in [-0.39, 0.29) is 0 Å². The molecule has 2 rings (SSSR count). The van der Waals surface area contributed by atoms with E-state index >= 15 is 0 Å². The molecule has 0 saturated heterocycles. The van der Waals surface area contributed by atoms with Gasteiger partial charge in [-0.15, -0.1) is 0 Å². The topological polar surface area (TPSA) is 60.2 Å². The minimum absolute atomic E-state index is 0.413. The smallest absolute Gasteiger partial charge is 0.157 e. The highest BCUT2D eigenvalue weighted by atomic mass is 32.2. The quantitative estimate of drug-likeness (QED) is 0.595. The van der Waals surface area contributed by atoms with E-state index in [0.29, 0.717) is 12.4 Å². The zero-order valence-electron chi connectivity index (χ0n) is 11.8. The SMILES string of the molecule is CCCNc1cc(SCc2ccco2)nc(COC)n1. The third-order valence-electron chi connectivity index (χ3n) is 2.52. The standard InChI is InChI=1S/C14H19N3O2S/c1-3-6-15-12-8-14(17-13(16-12)9-18-2)20-10-11-5-4-7-19-11/h4-5,7-8H,3,6,9-10H2,1-2H3,(H,15,16,17). The molecule has 0 bridgehead atoms. The molecule has 2 aromatic heterocycles. The molecule has 0 amide bonds. The van der Waals surface area contributed by atoms with Gasteiger partial charge in [-0.05, 0) is 18.6 Å². The number of hydrogen-bond donors (Lipinski definition) is 1. The van der Waals surface area contributed by atoms with Gasteiger partial charge >= 0.3 is 0 Å². The van der Waals surface area contributed by atoms with E-state index in [2.05, 4.69) is 22.2 Å². The minimum Gasteiger partial charge on any atom is -0.468 e. The fraction of sp³-hybridized carbons (Fsp3) is 0.429. The average Bonchev–Trinajstić information content (AvgIpc) is 2.96. The van der Waals surface area contributed by atoms with E-state index in [9.17, 15) is 0 Å². The van der Waals surface area contributed by atoms with Crippen molar-refractivity contribution in [1.82, 2.24) is 9.97 Å². The van der Waals surface area contributed by atoms with Crippen molar-refractivity contribution in [3.63, 3.8) is 0 Å². The third kappa shape index (κ3) is 4.54. The summed E-state index contributed by atoms with van der Waals surface area (Å²) >= 11 is 1.63. The molecule has 0 aliphatic heterocycles. The maximum Gasteiger partial charge on any atom is 0.157 e. The molecule has 0 radical (unpaired) electrons. The molecule has 0 saturated carbocycles. The molecule has 6 heteroatoms. The molecule has 2 heterocycles. The van der Waals surface area contributed by atoms with Gasteiger partial charge in [-0.1, -0.05) is 18.7 Å². The minimum atomic E-state index is 0.413. The molecule has 0 aromatic carbocycles. The van der Waals surface area contributed by atoms with Gasteiger partial charge in [0.2, 0.25) is 0 Å². The van der Waals surface area contributed by atoms with Gasteiger partial charge in [-0.2, -0.15) is 0 Å². The summed E-state index contributed by atoms with van der Waals surface area (Å²) in [6, 6.07) is 5.81. The Bertz CT molecular complexity index is 517. The Balaban J connectivity index is 2.06. The van der Waals surface area contributed by atoms with Crippen LogP contribution in [0.1, 0.15) is 24.9 Å². The van der Waals surface area contributed by atoms with Crippen molar-refractivity contribution in [2.45, 2.75) is 30.7 Å². The molecule has 0 spiro atoms. The number of methoxy groups -OCH3 is 1. The van der Waals surface area contributed by atoms with Gasteiger partial charge in [0.15, 0.2) is 5.82 Å². The normalized spacial score (nSPS) is 10.7. The molecule has 0 aliphatic rings. The van der Waals surface area contributed by atoms with Crippen LogP contribution in [0.25, 0.3) is 0 Å². The van der Waals surface area contributed by atoms with Crippen LogP contribution in [0.3, 0.4) is 0 Å². The second-order valence-corrected chi connectivity index (χ2v) is 5.23. The Hall–Kier alpha value is -1.53.